The van der Waals surface area contributed by atoms with E-state index in [0.29, 0.717) is 12.1 Å². The number of hydrogen-bond donors (Lipinski definition) is 1. The van der Waals surface area contributed by atoms with Crippen molar-refractivity contribution in [1.29, 1.82) is 0 Å². The first-order chi connectivity index (χ1) is 9.24. The Morgan fingerprint density at radius 2 is 1.68 bits per heavy atom. The minimum absolute atomic E-state index is 0.701. The number of fused-ring (bicyclic) bond motifs is 2. The van der Waals surface area contributed by atoms with Gasteiger partial charge in [0.05, 0.1) is 13.2 Å². The van der Waals surface area contributed by atoms with Crippen LogP contribution in [-0.4, -0.2) is 61.4 Å². The molecule has 2 heterocycles. The van der Waals surface area contributed by atoms with Crippen molar-refractivity contribution in [3.63, 3.8) is 0 Å². The largest absolute Gasteiger partial charge is 0.379 e. The van der Waals surface area contributed by atoms with E-state index >= 15 is 0 Å². The monoisotopic (exact) mass is 267 g/mol. The van der Waals surface area contributed by atoms with Crippen molar-refractivity contribution in [2.75, 3.05) is 39.4 Å². The van der Waals surface area contributed by atoms with E-state index in [1.807, 2.05) is 0 Å². The van der Waals surface area contributed by atoms with Gasteiger partial charge in [-0.15, -0.1) is 0 Å². The molecule has 4 heteroatoms. The summed E-state index contributed by atoms with van der Waals surface area (Å²) in [5, 5.41) is 2.41. The molecule has 2 aliphatic heterocycles. The molecule has 0 spiro atoms. The van der Waals surface area contributed by atoms with Gasteiger partial charge in [0, 0.05) is 38.3 Å². The van der Waals surface area contributed by atoms with Gasteiger partial charge >= 0.3 is 0 Å². The van der Waals surface area contributed by atoms with Gasteiger partial charge in [0.25, 0.3) is 0 Å². The van der Waals surface area contributed by atoms with Gasteiger partial charge in [-0.2, -0.15) is 0 Å². The van der Waals surface area contributed by atoms with E-state index in [-0.39, 0.29) is 0 Å². The summed E-state index contributed by atoms with van der Waals surface area (Å²) in [4.78, 5) is 2.69. The van der Waals surface area contributed by atoms with Crippen molar-refractivity contribution in [1.82, 2.24) is 15.3 Å². The van der Waals surface area contributed by atoms with Crippen LogP contribution in [0.1, 0.15) is 33.1 Å². The first kappa shape index (κ1) is 13.8. The van der Waals surface area contributed by atoms with E-state index in [9.17, 15) is 0 Å². The zero-order chi connectivity index (χ0) is 13.2. The lowest BCUT2D eigenvalue weighted by molar-refractivity contribution is -0.0425. The lowest BCUT2D eigenvalue weighted by atomic mass is 9.73. The Kier molecular flexibility index (Phi) is 4.42. The lowest BCUT2D eigenvalue weighted by Crippen LogP contribution is -2.62. The zero-order valence-electron chi connectivity index (χ0n) is 12.5. The van der Waals surface area contributed by atoms with Crippen molar-refractivity contribution in [3.8, 4) is 0 Å². The van der Waals surface area contributed by atoms with Gasteiger partial charge < -0.3 is 9.64 Å². The van der Waals surface area contributed by atoms with Gasteiger partial charge in [0.1, 0.15) is 0 Å². The van der Waals surface area contributed by atoms with Crippen LogP contribution < -0.4 is 5.43 Å². The van der Waals surface area contributed by atoms with Crippen LogP contribution in [0.2, 0.25) is 0 Å². The average molecular weight is 267 g/mol. The molecular formula is C15H29N3O. The first-order valence-corrected chi connectivity index (χ1v) is 8.07. The highest BCUT2D eigenvalue weighted by atomic mass is 16.5. The number of nitrogens with one attached hydrogen (secondary N) is 1. The van der Waals surface area contributed by atoms with E-state index in [0.717, 1.165) is 38.1 Å². The zero-order valence-corrected chi connectivity index (χ0v) is 12.5. The fraction of sp³-hybridized carbons (Fsp3) is 1.00. The smallest absolute Gasteiger partial charge is 0.0608 e. The molecule has 0 aromatic rings. The summed E-state index contributed by atoms with van der Waals surface area (Å²) < 4.78 is 5.44. The molecule has 2 saturated heterocycles. The Bertz CT molecular complexity index is 277. The van der Waals surface area contributed by atoms with Gasteiger partial charge in [-0.3, -0.25) is 5.43 Å². The van der Waals surface area contributed by atoms with Crippen LogP contribution in [0, 0.1) is 11.8 Å². The highest BCUT2D eigenvalue weighted by molar-refractivity contribution is 4.95. The summed E-state index contributed by atoms with van der Waals surface area (Å²) in [6.45, 7) is 11.1. The number of likely N-dealkylation sites (tertiary alicyclic amines) is 1. The van der Waals surface area contributed by atoms with E-state index in [4.69, 9.17) is 4.74 Å². The minimum Gasteiger partial charge on any atom is -0.379 e. The van der Waals surface area contributed by atoms with Gasteiger partial charge in [0.15, 0.2) is 0 Å². The number of morpholine rings is 1. The van der Waals surface area contributed by atoms with Crippen LogP contribution in [0.3, 0.4) is 0 Å². The Morgan fingerprint density at radius 3 is 2.26 bits per heavy atom. The normalized spacial score (nSPS) is 37.7. The molecule has 0 aromatic heterocycles. The van der Waals surface area contributed by atoms with E-state index in [1.54, 1.807) is 0 Å². The molecule has 0 radical (unpaired) electrons. The number of rotatable bonds is 3. The third-order valence-corrected chi connectivity index (χ3v) is 5.18. The molecule has 3 fully saturated rings. The predicted octanol–water partition coefficient (Wildman–Crippen LogP) is 1.33. The molecule has 110 valence electrons. The summed E-state index contributed by atoms with van der Waals surface area (Å²) in [6.07, 6.45) is 4.24. The van der Waals surface area contributed by atoms with Crippen molar-refractivity contribution >= 4 is 0 Å². The maximum Gasteiger partial charge on any atom is 0.0608 e. The molecule has 1 saturated carbocycles. The Hall–Kier alpha value is -0.160. The number of nitrogens with zero attached hydrogens (tertiary/aromatic N) is 2. The molecule has 1 aliphatic carbocycles. The van der Waals surface area contributed by atoms with Crippen molar-refractivity contribution < 1.29 is 4.74 Å². The maximum atomic E-state index is 5.44. The molecule has 3 aliphatic rings. The molecule has 2 atom stereocenters. The van der Waals surface area contributed by atoms with Crippen LogP contribution >= 0.6 is 0 Å². The van der Waals surface area contributed by atoms with Gasteiger partial charge in [-0.25, -0.2) is 5.01 Å². The Labute approximate surface area is 117 Å². The topological polar surface area (TPSA) is 27.7 Å². The third kappa shape index (κ3) is 3.13. The van der Waals surface area contributed by atoms with Crippen LogP contribution in [0.15, 0.2) is 0 Å². The highest BCUT2D eigenvalue weighted by Gasteiger charge is 2.40. The average Bonchev–Trinajstić information content (AvgIpc) is 2.39. The lowest BCUT2D eigenvalue weighted by Gasteiger charge is -2.50. The summed E-state index contributed by atoms with van der Waals surface area (Å²) in [5.74, 6) is 1.69. The fourth-order valence-electron chi connectivity index (χ4n) is 4.01. The third-order valence-electron chi connectivity index (χ3n) is 5.18. The molecule has 19 heavy (non-hydrogen) atoms. The number of hydrazine groups is 1. The quantitative estimate of drug-likeness (QED) is 0.835. The molecule has 0 amide bonds. The van der Waals surface area contributed by atoms with Crippen molar-refractivity contribution in [2.24, 2.45) is 11.8 Å². The summed E-state index contributed by atoms with van der Waals surface area (Å²) >= 11 is 0. The van der Waals surface area contributed by atoms with Crippen LogP contribution in [0.5, 0.6) is 0 Å². The number of hydrogen-bond acceptors (Lipinski definition) is 4. The first-order valence-electron chi connectivity index (χ1n) is 8.07. The van der Waals surface area contributed by atoms with E-state index in [1.165, 1.54) is 32.4 Å². The second-order valence-electron chi connectivity index (χ2n) is 6.75. The van der Waals surface area contributed by atoms with E-state index < -0.39 is 0 Å². The van der Waals surface area contributed by atoms with E-state index in [2.05, 4.69) is 29.2 Å². The summed E-state index contributed by atoms with van der Waals surface area (Å²) in [5.41, 5.74) is 3.85. The van der Waals surface area contributed by atoms with Crippen LogP contribution in [0.4, 0.5) is 0 Å². The summed E-state index contributed by atoms with van der Waals surface area (Å²) in [7, 11) is 0. The van der Waals surface area contributed by atoms with Gasteiger partial charge in [-0.1, -0.05) is 6.42 Å². The maximum absolute atomic E-state index is 5.44. The molecule has 3 rings (SSSR count). The second-order valence-corrected chi connectivity index (χ2v) is 6.75. The molecule has 4 nitrogen and oxygen atoms in total. The standard InChI is InChI=1S/C15H29N3O/c1-12(2)17-10-13-4-3-5-14(11-17)15(13)16-18-6-8-19-9-7-18/h12-16H,3-11H2,1-2H3. The molecule has 2 unspecified atom stereocenters. The van der Waals surface area contributed by atoms with Gasteiger partial charge in [-0.05, 0) is 38.5 Å². The Balaban J connectivity index is 1.61. The van der Waals surface area contributed by atoms with Crippen molar-refractivity contribution in [3.05, 3.63) is 0 Å². The second kappa shape index (κ2) is 6.08. The Morgan fingerprint density at radius 1 is 1.05 bits per heavy atom. The molecule has 0 aromatic carbocycles. The number of ether oxygens (including phenoxy) is 1. The van der Waals surface area contributed by atoms with Crippen LogP contribution in [0.25, 0.3) is 0 Å². The van der Waals surface area contributed by atoms with Crippen LogP contribution in [-0.2, 0) is 4.74 Å². The fourth-order valence-corrected chi connectivity index (χ4v) is 4.01. The SMILES string of the molecule is CC(C)N1CC2CCCC(C1)C2NN1CCOCC1. The molecule has 1 N–H and O–H groups in total. The molecular weight excluding hydrogens is 238 g/mol. The highest BCUT2D eigenvalue weighted by Crippen LogP contribution is 2.35. The van der Waals surface area contributed by atoms with Gasteiger partial charge in [0.2, 0.25) is 0 Å². The minimum atomic E-state index is 0.701. The predicted molar refractivity (Wildman–Crippen MR) is 76.9 cm³/mol. The van der Waals surface area contributed by atoms with Crippen molar-refractivity contribution in [2.45, 2.75) is 45.2 Å². The number of piperidine rings is 1. The molecule has 2 bridgehead atoms. The summed E-state index contributed by atoms with van der Waals surface area (Å²) in [6, 6.07) is 1.41.